The molecule has 1 aliphatic heterocycles. The van der Waals surface area contributed by atoms with Crippen molar-refractivity contribution in [3.8, 4) is 0 Å². The average Bonchev–Trinajstić information content (AvgIpc) is 3.75. The molecule has 368 valence electrons. The number of nitrogens with zero attached hydrogens (tertiary/aromatic N) is 3. The number of likely N-dealkylation sites (tertiary alicyclic amines) is 1. The van der Waals surface area contributed by atoms with Crippen molar-refractivity contribution in [3.63, 3.8) is 0 Å². The molecule has 0 radical (unpaired) electrons. The van der Waals surface area contributed by atoms with Crippen LogP contribution >= 0.6 is 0 Å². The summed E-state index contributed by atoms with van der Waals surface area (Å²) in [4.78, 5) is 116. The number of aliphatic hydroxyl groups is 2. The highest BCUT2D eigenvalue weighted by Gasteiger charge is 2.40. The van der Waals surface area contributed by atoms with E-state index in [0.717, 1.165) is 0 Å². The third kappa shape index (κ3) is 18.5. The van der Waals surface area contributed by atoms with E-state index in [1.807, 2.05) is 0 Å². The molecule has 0 bridgehead atoms. The number of aliphatic imine (C=N–C) groups is 2. The molecular formula is C41H68N14O11. The van der Waals surface area contributed by atoms with Crippen molar-refractivity contribution in [1.82, 2.24) is 36.8 Å². The number of hydrogen-bond donors (Lipinski definition) is 14. The number of aliphatic hydroxyl groups excluding tert-OH is 2. The topological polar surface area (TPSA) is 427 Å². The summed E-state index contributed by atoms with van der Waals surface area (Å²) < 4.78 is 0. The Labute approximate surface area is 382 Å². The molecule has 1 aliphatic rings. The molecule has 1 fully saturated rings. The number of nitrogens with one attached hydrogen (secondary N) is 6. The van der Waals surface area contributed by atoms with E-state index < -0.39 is 114 Å². The summed E-state index contributed by atoms with van der Waals surface area (Å²) in [6.45, 7) is 5.44. The Kier molecular flexibility index (Phi) is 23.3. The zero-order valence-corrected chi connectivity index (χ0v) is 37.8. The third-order valence-corrected chi connectivity index (χ3v) is 10.5. The van der Waals surface area contributed by atoms with E-state index in [1.165, 1.54) is 18.7 Å². The number of hydrogen-bond acceptors (Lipinski definition) is 13. The quantitative estimate of drug-likeness (QED) is 0.0223. The summed E-state index contributed by atoms with van der Waals surface area (Å²) in [5.74, 6) is -8.24. The summed E-state index contributed by atoms with van der Waals surface area (Å²) in [6.07, 6.45) is -2.24. The Morgan fingerprint density at radius 3 is 1.67 bits per heavy atom. The van der Waals surface area contributed by atoms with Gasteiger partial charge >= 0.3 is 5.97 Å². The predicted molar refractivity (Wildman–Crippen MR) is 241 cm³/mol. The molecule has 0 spiro atoms. The van der Waals surface area contributed by atoms with E-state index in [1.54, 1.807) is 44.2 Å². The molecule has 9 atom stereocenters. The van der Waals surface area contributed by atoms with E-state index in [9.17, 15) is 53.7 Å². The monoisotopic (exact) mass is 933 g/mol. The maximum absolute atomic E-state index is 13.9. The fourth-order valence-corrected chi connectivity index (χ4v) is 6.95. The van der Waals surface area contributed by atoms with Crippen molar-refractivity contribution >= 4 is 59.2 Å². The highest BCUT2D eigenvalue weighted by atomic mass is 16.4. The molecule has 19 N–H and O–H groups in total. The lowest BCUT2D eigenvalue weighted by Gasteiger charge is -2.31. The van der Waals surface area contributed by atoms with Gasteiger partial charge in [0.05, 0.1) is 18.8 Å². The molecule has 0 saturated carbocycles. The molecular weight excluding hydrogens is 865 g/mol. The Balaban J connectivity index is 2.29. The van der Waals surface area contributed by atoms with Crippen molar-refractivity contribution in [2.75, 3.05) is 26.2 Å². The van der Waals surface area contributed by atoms with Crippen molar-refractivity contribution in [2.45, 2.75) is 127 Å². The van der Waals surface area contributed by atoms with Gasteiger partial charge in [-0.05, 0) is 63.9 Å². The molecule has 1 aromatic rings. The maximum Gasteiger partial charge on any atom is 0.326 e. The molecule has 0 unspecified atom stereocenters. The summed E-state index contributed by atoms with van der Waals surface area (Å²) in [5.41, 5.74) is 27.8. The van der Waals surface area contributed by atoms with Gasteiger partial charge < -0.3 is 80.8 Å². The van der Waals surface area contributed by atoms with Gasteiger partial charge in [-0.3, -0.25) is 43.5 Å². The highest BCUT2D eigenvalue weighted by molar-refractivity contribution is 5.98. The van der Waals surface area contributed by atoms with Crippen LogP contribution in [0.1, 0.15) is 71.8 Å². The first-order valence-electron chi connectivity index (χ1n) is 21.6. The smallest absolute Gasteiger partial charge is 0.326 e. The minimum atomic E-state index is -1.78. The molecule has 25 heteroatoms. The fourth-order valence-electron chi connectivity index (χ4n) is 6.95. The van der Waals surface area contributed by atoms with E-state index in [0.29, 0.717) is 18.4 Å². The van der Waals surface area contributed by atoms with Crippen LogP contribution in [0.4, 0.5) is 0 Å². The summed E-state index contributed by atoms with van der Waals surface area (Å²) in [5, 5.41) is 45.9. The number of guanidine groups is 2. The van der Waals surface area contributed by atoms with Crippen molar-refractivity contribution in [2.24, 2.45) is 44.6 Å². The SMILES string of the molecule is CC(C)[C@H](NC(=O)[C@@H](NC(=O)[C@@H](NC(=O)[C@H](CCCN=C(N)N)NC(=O)[C@@H]1CCCN1C(=O)[C@H](CCCN=C(N)N)NC(=O)CN)[C@@H](C)O)[C@@H](C)O)C(=O)N[C@@H](Cc1ccccc1)C(=O)O. The highest BCUT2D eigenvalue weighted by Crippen LogP contribution is 2.21. The number of carboxylic acids is 1. The van der Waals surface area contributed by atoms with Crippen LogP contribution in [0.15, 0.2) is 40.3 Å². The standard InChI is InChI=1S/C41H68N14O11/c1-21(2)30(35(61)51-27(39(65)66)19-24-11-6-5-7-12-24)52-36(62)32(23(4)57)54-37(63)31(22(3)56)53-33(59)25(13-8-16-47-40(43)44)50-34(60)28-15-10-18-55(28)38(64)26(49-29(58)20-42)14-9-17-48-41(45)46/h5-7,11-12,21-23,25-28,30-32,56-57H,8-10,13-20,42H2,1-4H3,(H,49,58)(H,50,60)(H,51,61)(H,52,62)(H,53,59)(H,54,63)(H,65,66)(H4,43,44,47)(H4,45,46,48)/t22-,23-,25+,26+,27+,28+,30+,31+,32+/m1/s1. The van der Waals surface area contributed by atoms with Crippen LogP contribution in [-0.4, -0.2) is 160 Å². The van der Waals surface area contributed by atoms with Crippen LogP contribution < -0.4 is 60.6 Å². The minimum absolute atomic E-state index is 0.0310. The summed E-state index contributed by atoms with van der Waals surface area (Å²) in [7, 11) is 0. The average molecular weight is 933 g/mol. The van der Waals surface area contributed by atoms with E-state index in [2.05, 4.69) is 41.9 Å². The maximum atomic E-state index is 13.9. The Hall–Kier alpha value is -6.60. The zero-order valence-electron chi connectivity index (χ0n) is 37.8. The number of nitrogens with two attached hydrogens (primary N) is 5. The van der Waals surface area contributed by atoms with Gasteiger partial charge in [0, 0.05) is 26.1 Å². The van der Waals surface area contributed by atoms with Crippen LogP contribution in [0.2, 0.25) is 0 Å². The van der Waals surface area contributed by atoms with Gasteiger partial charge in [0.25, 0.3) is 0 Å². The fraction of sp³-hybridized carbons (Fsp3) is 0.610. The molecule has 0 aliphatic carbocycles. The van der Waals surface area contributed by atoms with Gasteiger partial charge in [-0.25, -0.2) is 4.79 Å². The van der Waals surface area contributed by atoms with Gasteiger partial charge in [0.1, 0.15) is 42.3 Å². The van der Waals surface area contributed by atoms with Crippen molar-refractivity contribution in [1.29, 1.82) is 0 Å². The third-order valence-electron chi connectivity index (χ3n) is 10.5. The second-order valence-corrected chi connectivity index (χ2v) is 16.2. The van der Waals surface area contributed by atoms with Gasteiger partial charge in [-0.1, -0.05) is 44.2 Å². The number of amides is 7. The van der Waals surface area contributed by atoms with Crippen LogP contribution in [0.3, 0.4) is 0 Å². The molecule has 7 amide bonds. The Bertz CT molecular complexity index is 1870. The molecule has 1 saturated heterocycles. The van der Waals surface area contributed by atoms with Crippen molar-refractivity contribution < 1.29 is 53.7 Å². The lowest BCUT2D eigenvalue weighted by Crippen LogP contribution is -2.63. The number of carboxylic acid groups (broad SMARTS) is 1. The van der Waals surface area contributed by atoms with Crippen LogP contribution in [0.25, 0.3) is 0 Å². The van der Waals surface area contributed by atoms with E-state index in [-0.39, 0.29) is 63.7 Å². The normalized spacial score (nSPS) is 17.0. The van der Waals surface area contributed by atoms with Crippen LogP contribution in [-0.2, 0) is 44.8 Å². The molecule has 1 aromatic carbocycles. The Morgan fingerprint density at radius 2 is 1.18 bits per heavy atom. The largest absolute Gasteiger partial charge is 0.480 e. The molecule has 1 heterocycles. The van der Waals surface area contributed by atoms with Gasteiger partial charge in [0.15, 0.2) is 11.9 Å². The lowest BCUT2D eigenvalue weighted by molar-refractivity contribution is -0.143. The van der Waals surface area contributed by atoms with Crippen LogP contribution in [0, 0.1) is 5.92 Å². The summed E-state index contributed by atoms with van der Waals surface area (Å²) >= 11 is 0. The Morgan fingerprint density at radius 1 is 0.682 bits per heavy atom. The zero-order chi connectivity index (χ0) is 49.7. The van der Waals surface area contributed by atoms with Gasteiger partial charge in [-0.2, -0.15) is 0 Å². The molecule has 2 rings (SSSR count). The molecule has 0 aromatic heterocycles. The second-order valence-electron chi connectivity index (χ2n) is 16.2. The first kappa shape index (κ1) is 55.5. The molecule has 66 heavy (non-hydrogen) atoms. The number of rotatable bonds is 27. The summed E-state index contributed by atoms with van der Waals surface area (Å²) in [6, 6.07) is -1.24. The first-order chi connectivity index (χ1) is 31.1. The van der Waals surface area contributed by atoms with E-state index >= 15 is 0 Å². The van der Waals surface area contributed by atoms with Gasteiger partial charge in [0.2, 0.25) is 41.4 Å². The predicted octanol–water partition coefficient (Wildman–Crippen LogP) is -5.30. The van der Waals surface area contributed by atoms with Gasteiger partial charge in [-0.15, -0.1) is 0 Å². The van der Waals surface area contributed by atoms with E-state index in [4.69, 9.17) is 28.7 Å². The number of carbonyl (C=O) groups is 8. The van der Waals surface area contributed by atoms with Crippen LogP contribution in [0.5, 0.6) is 0 Å². The number of benzene rings is 1. The molecule has 25 nitrogen and oxygen atoms in total. The number of carbonyl (C=O) groups excluding carboxylic acids is 7. The lowest BCUT2D eigenvalue weighted by atomic mass is 10.00. The van der Waals surface area contributed by atoms with Crippen molar-refractivity contribution in [3.05, 3.63) is 35.9 Å². The first-order valence-corrected chi connectivity index (χ1v) is 21.6. The second kappa shape index (κ2) is 27.7. The number of aliphatic carboxylic acids is 1. The minimum Gasteiger partial charge on any atom is -0.480 e.